The number of anilines is 2. The highest BCUT2D eigenvalue weighted by atomic mass is 19.1. The van der Waals surface area contributed by atoms with Gasteiger partial charge in [-0.15, -0.1) is 0 Å². The summed E-state index contributed by atoms with van der Waals surface area (Å²) in [5.41, 5.74) is 1.20. The van der Waals surface area contributed by atoms with Gasteiger partial charge in [-0.2, -0.15) is 0 Å². The van der Waals surface area contributed by atoms with Gasteiger partial charge in [-0.3, -0.25) is 4.98 Å². The van der Waals surface area contributed by atoms with E-state index in [0.29, 0.717) is 5.69 Å². The molecular formula is C12H10FN3O2. The number of halogens is 1. The third-order valence-electron chi connectivity index (χ3n) is 2.26. The predicted octanol–water partition coefficient (Wildman–Crippen LogP) is 2.37. The molecule has 6 heteroatoms. The number of carboxylic acids is 1. The molecular weight excluding hydrogens is 237 g/mol. The summed E-state index contributed by atoms with van der Waals surface area (Å²) >= 11 is 0. The van der Waals surface area contributed by atoms with Crippen LogP contribution in [0.3, 0.4) is 0 Å². The number of nitrogens with zero attached hydrogens (tertiary/aromatic N) is 2. The fraction of sp³-hybridized carbons (Fsp3) is 0.0833. The molecule has 0 fully saturated rings. The van der Waals surface area contributed by atoms with Gasteiger partial charge in [0.2, 0.25) is 0 Å². The Morgan fingerprint density at radius 1 is 1.33 bits per heavy atom. The first kappa shape index (κ1) is 12.0. The molecule has 0 spiro atoms. The molecule has 0 saturated heterocycles. The quantitative estimate of drug-likeness (QED) is 0.870. The van der Waals surface area contributed by atoms with Crippen molar-refractivity contribution in [1.29, 1.82) is 0 Å². The molecule has 0 aliphatic heterocycles. The molecule has 18 heavy (non-hydrogen) atoms. The number of aryl methyl sites for hydroxylation is 1. The van der Waals surface area contributed by atoms with Gasteiger partial charge < -0.3 is 10.4 Å². The zero-order chi connectivity index (χ0) is 13.1. The van der Waals surface area contributed by atoms with E-state index in [2.05, 4.69) is 15.3 Å². The van der Waals surface area contributed by atoms with Gasteiger partial charge >= 0.3 is 5.97 Å². The van der Waals surface area contributed by atoms with Crippen LogP contribution in [0, 0.1) is 12.7 Å². The predicted molar refractivity (Wildman–Crippen MR) is 63.4 cm³/mol. The fourth-order valence-corrected chi connectivity index (χ4v) is 1.38. The Balaban J connectivity index is 2.34. The summed E-state index contributed by atoms with van der Waals surface area (Å²) in [5, 5.41) is 11.7. The first-order valence-electron chi connectivity index (χ1n) is 5.15. The second-order valence-electron chi connectivity index (χ2n) is 3.67. The minimum Gasteiger partial charge on any atom is -0.478 e. The molecule has 0 aromatic carbocycles. The number of rotatable bonds is 3. The van der Waals surface area contributed by atoms with E-state index in [1.54, 1.807) is 18.3 Å². The number of carboxylic acid groups (broad SMARTS) is 1. The normalized spacial score (nSPS) is 10.1. The Kier molecular flexibility index (Phi) is 3.18. The van der Waals surface area contributed by atoms with Crippen LogP contribution in [0.2, 0.25) is 0 Å². The number of hydrogen-bond donors (Lipinski definition) is 2. The largest absolute Gasteiger partial charge is 0.478 e. The van der Waals surface area contributed by atoms with Crippen LogP contribution in [0.4, 0.5) is 15.9 Å². The van der Waals surface area contributed by atoms with E-state index in [4.69, 9.17) is 5.11 Å². The van der Waals surface area contributed by atoms with Crippen LogP contribution in [-0.2, 0) is 0 Å². The molecule has 2 aromatic rings. The van der Waals surface area contributed by atoms with Crippen molar-refractivity contribution in [2.45, 2.75) is 6.92 Å². The van der Waals surface area contributed by atoms with Crippen molar-refractivity contribution in [2.75, 3.05) is 5.32 Å². The Hall–Kier alpha value is -2.50. The third-order valence-corrected chi connectivity index (χ3v) is 2.26. The molecule has 92 valence electrons. The van der Waals surface area contributed by atoms with Crippen LogP contribution >= 0.6 is 0 Å². The summed E-state index contributed by atoms with van der Waals surface area (Å²) < 4.78 is 12.9. The Morgan fingerprint density at radius 2 is 2.11 bits per heavy atom. The van der Waals surface area contributed by atoms with Crippen molar-refractivity contribution in [3.8, 4) is 0 Å². The van der Waals surface area contributed by atoms with E-state index in [0.717, 1.165) is 18.0 Å². The number of hydrogen-bond acceptors (Lipinski definition) is 4. The highest BCUT2D eigenvalue weighted by Gasteiger charge is 2.13. The second-order valence-corrected chi connectivity index (χ2v) is 3.67. The molecule has 0 aliphatic rings. The molecule has 0 aliphatic carbocycles. The highest BCUT2D eigenvalue weighted by Crippen LogP contribution is 2.18. The van der Waals surface area contributed by atoms with Gasteiger partial charge in [-0.1, -0.05) is 0 Å². The van der Waals surface area contributed by atoms with Crippen LogP contribution in [0.15, 0.2) is 30.6 Å². The van der Waals surface area contributed by atoms with E-state index >= 15 is 0 Å². The zero-order valence-corrected chi connectivity index (χ0v) is 9.51. The molecule has 0 bridgehead atoms. The van der Waals surface area contributed by atoms with Gasteiger partial charge in [-0.25, -0.2) is 14.2 Å². The lowest BCUT2D eigenvalue weighted by Gasteiger charge is -2.08. The van der Waals surface area contributed by atoms with Gasteiger partial charge in [0.15, 0.2) is 0 Å². The fourth-order valence-electron chi connectivity index (χ4n) is 1.38. The lowest BCUT2D eigenvalue weighted by molar-refractivity contribution is 0.0697. The van der Waals surface area contributed by atoms with Gasteiger partial charge in [-0.05, 0) is 25.1 Å². The standard InChI is InChI=1S/C12H10FN3O2/c1-7-2-3-9(6-14-7)16-11-10(12(17)18)4-8(13)5-15-11/h2-6H,1H3,(H,15,16)(H,17,18). The monoisotopic (exact) mass is 247 g/mol. The molecule has 0 radical (unpaired) electrons. The first-order valence-corrected chi connectivity index (χ1v) is 5.15. The molecule has 0 amide bonds. The third kappa shape index (κ3) is 2.60. The summed E-state index contributed by atoms with van der Waals surface area (Å²) in [6.45, 7) is 1.84. The average molecular weight is 247 g/mol. The second kappa shape index (κ2) is 4.79. The zero-order valence-electron chi connectivity index (χ0n) is 9.51. The maximum absolute atomic E-state index is 12.9. The molecule has 2 heterocycles. The van der Waals surface area contributed by atoms with Crippen molar-refractivity contribution in [3.05, 3.63) is 47.7 Å². The lowest BCUT2D eigenvalue weighted by atomic mass is 10.2. The molecule has 2 aromatic heterocycles. The summed E-state index contributed by atoms with van der Waals surface area (Å²) in [5.74, 6) is -1.86. The number of carbonyl (C=O) groups is 1. The summed E-state index contributed by atoms with van der Waals surface area (Å²) in [6, 6.07) is 4.42. The van der Waals surface area contributed by atoms with Crippen LogP contribution in [0.25, 0.3) is 0 Å². The molecule has 2 N–H and O–H groups in total. The maximum atomic E-state index is 12.9. The molecule has 0 atom stereocenters. The van der Waals surface area contributed by atoms with Crippen molar-refractivity contribution in [3.63, 3.8) is 0 Å². The summed E-state index contributed by atoms with van der Waals surface area (Å²) in [7, 11) is 0. The summed E-state index contributed by atoms with van der Waals surface area (Å²) in [6.07, 6.45) is 2.50. The van der Waals surface area contributed by atoms with E-state index in [-0.39, 0.29) is 11.4 Å². The molecule has 0 unspecified atom stereocenters. The van der Waals surface area contributed by atoms with Crippen LogP contribution in [0.1, 0.15) is 16.1 Å². The Labute approximate surface area is 102 Å². The van der Waals surface area contributed by atoms with E-state index in [9.17, 15) is 9.18 Å². The van der Waals surface area contributed by atoms with Crippen molar-refractivity contribution < 1.29 is 14.3 Å². The van der Waals surface area contributed by atoms with Crippen molar-refractivity contribution in [1.82, 2.24) is 9.97 Å². The number of aromatic carboxylic acids is 1. The first-order chi connectivity index (χ1) is 8.56. The minimum absolute atomic E-state index is 0.0783. The maximum Gasteiger partial charge on any atom is 0.339 e. The molecule has 5 nitrogen and oxygen atoms in total. The van der Waals surface area contributed by atoms with Crippen molar-refractivity contribution >= 4 is 17.5 Å². The summed E-state index contributed by atoms with van der Waals surface area (Å²) in [4.78, 5) is 18.7. The van der Waals surface area contributed by atoms with Crippen LogP contribution in [0.5, 0.6) is 0 Å². The van der Waals surface area contributed by atoms with Crippen molar-refractivity contribution in [2.24, 2.45) is 0 Å². The topological polar surface area (TPSA) is 75.1 Å². The van der Waals surface area contributed by atoms with Gasteiger partial charge in [0.1, 0.15) is 17.2 Å². The van der Waals surface area contributed by atoms with E-state index in [1.807, 2.05) is 6.92 Å². The Morgan fingerprint density at radius 3 is 2.72 bits per heavy atom. The SMILES string of the molecule is Cc1ccc(Nc2ncc(F)cc2C(=O)O)cn1. The smallest absolute Gasteiger partial charge is 0.339 e. The van der Waals surface area contributed by atoms with Gasteiger partial charge in [0, 0.05) is 5.69 Å². The number of aromatic nitrogens is 2. The van der Waals surface area contributed by atoms with E-state index < -0.39 is 11.8 Å². The number of pyridine rings is 2. The minimum atomic E-state index is -1.25. The van der Waals surface area contributed by atoms with Crippen LogP contribution < -0.4 is 5.32 Å². The lowest BCUT2D eigenvalue weighted by Crippen LogP contribution is -2.05. The van der Waals surface area contributed by atoms with E-state index in [1.165, 1.54) is 0 Å². The molecule has 0 saturated carbocycles. The van der Waals surface area contributed by atoms with Gasteiger partial charge in [0.05, 0.1) is 18.1 Å². The Bertz CT molecular complexity index is 584. The van der Waals surface area contributed by atoms with Crippen LogP contribution in [-0.4, -0.2) is 21.0 Å². The molecule has 2 rings (SSSR count). The number of nitrogens with one attached hydrogen (secondary N) is 1. The van der Waals surface area contributed by atoms with Gasteiger partial charge in [0.25, 0.3) is 0 Å². The average Bonchev–Trinajstić information content (AvgIpc) is 2.34. The highest BCUT2D eigenvalue weighted by molar-refractivity contribution is 5.93.